The molecule has 0 aromatic rings. The first-order valence-corrected chi connectivity index (χ1v) is 4.59. The van der Waals surface area contributed by atoms with E-state index < -0.39 is 0 Å². The van der Waals surface area contributed by atoms with E-state index >= 15 is 0 Å². The summed E-state index contributed by atoms with van der Waals surface area (Å²) in [4.78, 5) is 0. The fourth-order valence-corrected chi connectivity index (χ4v) is 3.10. The van der Waals surface area contributed by atoms with Gasteiger partial charge in [0.1, 0.15) is 0 Å². The first-order chi connectivity index (χ1) is 4.59. The normalized spacial score (nSPS) is 50.1. The quantitative estimate of drug-likeness (QED) is 0.482. The van der Waals surface area contributed by atoms with Crippen molar-refractivity contribution in [1.82, 2.24) is 0 Å². The summed E-state index contributed by atoms with van der Waals surface area (Å²) < 4.78 is 0. The summed E-state index contributed by atoms with van der Waals surface area (Å²) in [6.45, 7) is 7.33. The molecule has 2 rings (SSSR count). The Morgan fingerprint density at radius 1 is 1.20 bits per heavy atom. The Kier molecular flexibility index (Phi) is 1.19. The topological polar surface area (TPSA) is 0 Å². The summed E-state index contributed by atoms with van der Waals surface area (Å²) in [5.74, 6) is 3.19. The Morgan fingerprint density at radius 3 is 2.20 bits per heavy atom. The van der Waals surface area contributed by atoms with Crippen LogP contribution in [0.3, 0.4) is 0 Å². The minimum Gasteiger partial charge on any atom is -0.0622 e. The molecule has 0 heteroatoms. The van der Waals surface area contributed by atoms with E-state index in [1.54, 1.807) is 0 Å². The summed E-state index contributed by atoms with van der Waals surface area (Å²) in [7, 11) is 0. The van der Waals surface area contributed by atoms with Crippen molar-refractivity contribution in [3.8, 4) is 0 Å². The van der Waals surface area contributed by atoms with Crippen LogP contribution in [-0.4, -0.2) is 0 Å². The molecule has 3 atom stereocenters. The molecule has 0 N–H and O–H groups in total. The van der Waals surface area contributed by atoms with Crippen LogP contribution in [0.5, 0.6) is 0 Å². The van der Waals surface area contributed by atoms with E-state index in [0.29, 0.717) is 5.41 Å². The summed E-state index contributed by atoms with van der Waals surface area (Å²) in [5, 5.41) is 0. The fourth-order valence-electron chi connectivity index (χ4n) is 3.10. The van der Waals surface area contributed by atoms with Crippen molar-refractivity contribution in [1.29, 1.82) is 0 Å². The zero-order valence-corrected chi connectivity index (χ0v) is 7.35. The number of rotatable bonds is 0. The van der Waals surface area contributed by atoms with E-state index in [4.69, 9.17) is 0 Å². The molecule has 0 aromatic heterocycles. The molecular formula is C10H18. The Morgan fingerprint density at radius 2 is 1.90 bits per heavy atom. The van der Waals surface area contributed by atoms with Gasteiger partial charge in [0.25, 0.3) is 0 Å². The minimum atomic E-state index is 0.692. The van der Waals surface area contributed by atoms with Crippen molar-refractivity contribution in [3.05, 3.63) is 0 Å². The van der Waals surface area contributed by atoms with Crippen LogP contribution in [0, 0.1) is 23.2 Å². The molecule has 58 valence electrons. The number of fused-ring (bicyclic) bond motifs is 2. The van der Waals surface area contributed by atoms with Crippen LogP contribution >= 0.6 is 0 Å². The van der Waals surface area contributed by atoms with Gasteiger partial charge in [-0.25, -0.2) is 0 Å². The van der Waals surface area contributed by atoms with Gasteiger partial charge >= 0.3 is 0 Å². The van der Waals surface area contributed by atoms with E-state index in [1.165, 1.54) is 19.3 Å². The first-order valence-electron chi connectivity index (χ1n) is 4.59. The van der Waals surface area contributed by atoms with Gasteiger partial charge in [0.15, 0.2) is 0 Å². The molecule has 0 radical (unpaired) electrons. The SMILES string of the molecule is C[C@H]1C[C@H]2C[C@@H]1CC2(C)C. The third-order valence-electron chi connectivity index (χ3n) is 3.94. The van der Waals surface area contributed by atoms with Crippen LogP contribution in [0.1, 0.15) is 40.0 Å². The number of hydrogen-bond donors (Lipinski definition) is 0. The van der Waals surface area contributed by atoms with Gasteiger partial charge in [0, 0.05) is 0 Å². The standard InChI is InChI=1S/C10H18/c1-7-4-9-5-8(7)6-10(9,2)3/h7-9H,4-6H2,1-3H3/t7-,8+,9-/m0/s1. The third-order valence-corrected chi connectivity index (χ3v) is 3.94. The van der Waals surface area contributed by atoms with E-state index in [0.717, 1.165) is 17.8 Å². The average Bonchev–Trinajstić information content (AvgIpc) is 2.21. The van der Waals surface area contributed by atoms with Crippen LogP contribution in [-0.2, 0) is 0 Å². The van der Waals surface area contributed by atoms with Gasteiger partial charge in [0.05, 0.1) is 0 Å². The lowest BCUT2D eigenvalue weighted by atomic mass is 9.73. The van der Waals surface area contributed by atoms with E-state index in [2.05, 4.69) is 20.8 Å². The summed E-state index contributed by atoms with van der Waals surface area (Å²) >= 11 is 0. The molecule has 10 heavy (non-hydrogen) atoms. The van der Waals surface area contributed by atoms with E-state index in [-0.39, 0.29) is 0 Å². The predicted octanol–water partition coefficient (Wildman–Crippen LogP) is 3.08. The van der Waals surface area contributed by atoms with E-state index in [9.17, 15) is 0 Å². The van der Waals surface area contributed by atoms with Crippen molar-refractivity contribution in [2.75, 3.05) is 0 Å². The molecular weight excluding hydrogens is 120 g/mol. The molecule has 2 aliphatic rings. The second-order valence-electron chi connectivity index (χ2n) is 5.10. The smallest absolute Gasteiger partial charge is 0.0323 e. The maximum Gasteiger partial charge on any atom is -0.0323 e. The van der Waals surface area contributed by atoms with E-state index in [1.807, 2.05) is 0 Å². The highest BCUT2D eigenvalue weighted by Crippen LogP contribution is 2.57. The van der Waals surface area contributed by atoms with Gasteiger partial charge in [-0.3, -0.25) is 0 Å². The van der Waals surface area contributed by atoms with Gasteiger partial charge in [-0.05, 0) is 42.4 Å². The van der Waals surface area contributed by atoms with Gasteiger partial charge in [-0.1, -0.05) is 20.8 Å². The lowest BCUT2D eigenvalue weighted by Crippen LogP contribution is -2.23. The monoisotopic (exact) mass is 138 g/mol. The molecule has 0 aromatic carbocycles. The molecule has 0 amide bonds. The molecule has 2 bridgehead atoms. The average molecular weight is 138 g/mol. The molecule has 0 unspecified atom stereocenters. The lowest BCUT2D eigenvalue weighted by molar-refractivity contribution is 0.181. The van der Waals surface area contributed by atoms with Crippen molar-refractivity contribution >= 4 is 0 Å². The Hall–Kier alpha value is 0. The minimum absolute atomic E-state index is 0.692. The third kappa shape index (κ3) is 0.741. The Bertz CT molecular complexity index is 144. The molecule has 2 saturated carbocycles. The Labute approximate surface area is 64.0 Å². The second kappa shape index (κ2) is 1.78. The molecule has 0 saturated heterocycles. The second-order valence-corrected chi connectivity index (χ2v) is 5.10. The zero-order valence-electron chi connectivity index (χ0n) is 7.35. The highest BCUT2D eigenvalue weighted by atomic mass is 14.5. The molecule has 2 fully saturated rings. The van der Waals surface area contributed by atoms with Gasteiger partial charge in [-0.15, -0.1) is 0 Å². The number of hydrogen-bond acceptors (Lipinski definition) is 0. The molecule has 0 heterocycles. The maximum absolute atomic E-state index is 2.45. The fraction of sp³-hybridized carbons (Fsp3) is 1.00. The van der Waals surface area contributed by atoms with Crippen LogP contribution in [0.25, 0.3) is 0 Å². The molecule has 0 spiro atoms. The van der Waals surface area contributed by atoms with Crippen LogP contribution < -0.4 is 0 Å². The van der Waals surface area contributed by atoms with Gasteiger partial charge in [0.2, 0.25) is 0 Å². The largest absolute Gasteiger partial charge is 0.0622 e. The van der Waals surface area contributed by atoms with Crippen molar-refractivity contribution < 1.29 is 0 Å². The van der Waals surface area contributed by atoms with Crippen molar-refractivity contribution in [2.24, 2.45) is 23.2 Å². The summed E-state index contributed by atoms with van der Waals surface area (Å²) in [6, 6.07) is 0. The highest BCUT2D eigenvalue weighted by Gasteiger charge is 2.48. The highest BCUT2D eigenvalue weighted by molar-refractivity contribution is 4.98. The summed E-state index contributed by atoms with van der Waals surface area (Å²) in [6.07, 6.45) is 4.55. The molecule has 0 nitrogen and oxygen atoms in total. The predicted molar refractivity (Wildman–Crippen MR) is 43.8 cm³/mol. The van der Waals surface area contributed by atoms with Crippen molar-refractivity contribution in [3.63, 3.8) is 0 Å². The lowest BCUT2D eigenvalue weighted by Gasteiger charge is -2.32. The Balaban J connectivity index is 2.16. The maximum atomic E-state index is 2.45. The summed E-state index contributed by atoms with van der Waals surface area (Å²) in [5.41, 5.74) is 0.692. The zero-order chi connectivity index (χ0) is 7.35. The van der Waals surface area contributed by atoms with Crippen LogP contribution in [0.4, 0.5) is 0 Å². The van der Waals surface area contributed by atoms with Crippen LogP contribution in [0.15, 0.2) is 0 Å². The van der Waals surface area contributed by atoms with Gasteiger partial charge in [-0.2, -0.15) is 0 Å². The molecule has 0 aliphatic heterocycles. The first kappa shape index (κ1) is 6.69. The van der Waals surface area contributed by atoms with Crippen LogP contribution in [0.2, 0.25) is 0 Å². The molecule has 2 aliphatic carbocycles. The van der Waals surface area contributed by atoms with Crippen molar-refractivity contribution in [2.45, 2.75) is 40.0 Å². The van der Waals surface area contributed by atoms with Gasteiger partial charge < -0.3 is 0 Å².